The highest BCUT2D eigenvalue weighted by Gasteiger charge is 2.42. The third-order valence-corrected chi connectivity index (χ3v) is 1.41. The van der Waals surface area contributed by atoms with Crippen LogP contribution in [0.1, 0.15) is 0 Å². The van der Waals surface area contributed by atoms with Crippen LogP contribution in [0.25, 0.3) is 0 Å². The maximum Gasteiger partial charge on any atom is 0.254 e. The van der Waals surface area contributed by atoms with Crippen LogP contribution in [0.3, 0.4) is 0 Å². The first-order valence-corrected chi connectivity index (χ1v) is 2.86. The molecule has 3 atom stereocenters. The molecule has 1 saturated heterocycles. The number of aliphatic hydroxyl groups excluding tert-OH is 4. The molecule has 0 bridgehead atoms. The number of aliphatic hydroxyl groups is 4. The molecule has 1 heterocycles. The van der Waals surface area contributed by atoms with Crippen LogP contribution in [0.15, 0.2) is 0 Å². The Bertz CT molecular complexity index is 117. The Morgan fingerprint density at radius 1 is 1.40 bits per heavy atom. The topological polar surface area (TPSA) is 90.2 Å². The third kappa shape index (κ3) is 1.14. The van der Waals surface area contributed by atoms with Gasteiger partial charge in [-0.05, 0) is 0 Å². The Hall–Kier alpha value is -0.200. The van der Waals surface area contributed by atoms with Crippen LogP contribution in [-0.2, 0) is 4.74 Å². The maximum atomic E-state index is 8.91. The van der Waals surface area contributed by atoms with Gasteiger partial charge in [0.15, 0.2) is 0 Å². The predicted molar refractivity (Wildman–Crippen MR) is 29.2 cm³/mol. The summed E-state index contributed by atoms with van der Waals surface area (Å²) in [5.74, 6) is 0. The minimum atomic E-state index is -1.39. The highest BCUT2D eigenvalue weighted by Crippen LogP contribution is 2.23. The monoisotopic (exact) mass is 149 g/mol. The van der Waals surface area contributed by atoms with Gasteiger partial charge < -0.3 is 25.2 Å². The molecule has 0 aliphatic carbocycles. The van der Waals surface area contributed by atoms with Crippen LogP contribution in [0.4, 0.5) is 0 Å². The first kappa shape index (κ1) is 7.90. The fraction of sp³-hybridized carbons (Fsp3) is 0.800. The lowest BCUT2D eigenvalue weighted by atomic mass is 10.1. The molecule has 1 aliphatic rings. The molecule has 0 aromatic heterocycles. The number of ether oxygens (including phenoxy) is 1. The van der Waals surface area contributed by atoms with Gasteiger partial charge in [-0.1, -0.05) is 0 Å². The first-order valence-electron chi connectivity index (χ1n) is 2.86. The van der Waals surface area contributed by atoms with Gasteiger partial charge in [0.05, 0.1) is 6.61 Å². The van der Waals surface area contributed by atoms with Gasteiger partial charge in [-0.3, -0.25) is 0 Å². The quantitative estimate of drug-likeness (QED) is 0.345. The third-order valence-electron chi connectivity index (χ3n) is 1.41. The standard InChI is InChI=1S/C5H9O5/c6-1-2-3(7)4(8)5(9)10-2/h2-4,6-9H,1H2/t2-,3-,4+/m1/s1. The van der Waals surface area contributed by atoms with E-state index in [1.54, 1.807) is 0 Å². The van der Waals surface area contributed by atoms with Crippen molar-refractivity contribution in [3.8, 4) is 0 Å². The van der Waals surface area contributed by atoms with Gasteiger partial charge in [0, 0.05) is 0 Å². The van der Waals surface area contributed by atoms with Crippen LogP contribution in [0.5, 0.6) is 0 Å². The molecule has 0 amide bonds. The fourth-order valence-electron chi connectivity index (χ4n) is 0.789. The molecule has 0 spiro atoms. The van der Waals surface area contributed by atoms with Crippen molar-refractivity contribution in [2.75, 3.05) is 6.61 Å². The summed E-state index contributed by atoms with van der Waals surface area (Å²) in [4.78, 5) is 0. The molecule has 10 heavy (non-hydrogen) atoms. The Morgan fingerprint density at radius 2 is 2.00 bits per heavy atom. The highest BCUT2D eigenvalue weighted by atomic mass is 16.6. The van der Waals surface area contributed by atoms with Gasteiger partial charge in [0.2, 0.25) is 0 Å². The molecule has 1 fully saturated rings. The minimum absolute atomic E-state index is 0.428. The van der Waals surface area contributed by atoms with Crippen molar-refractivity contribution in [3.63, 3.8) is 0 Å². The SMILES string of the molecule is OC[C@H]1O[C](O)[C@@H](O)[C@@H]1O. The summed E-state index contributed by atoms with van der Waals surface area (Å²) in [5.41, 5.74) is 0. The zero-order valence-corrected chi connectivity index (χ0v) is 5.14. The smallest absolute Gasteiger partial charge is 0.254 e. The highest BCUT2D eigenvalue weighted by molar-refractivity contribution is 4.94. The van der Waals surface area contributed by atoms with E-state index in [1.807, 2.05) is 0 Å². The normalized spacial score (nSPS) is 42.6. The van der Waals surface area contributed by atoms with Gasteiger partial charge in [-0.25, -0.2) is 0 Å². The summed E-state index contributed by atoms with van der Waals surface area (Å²) in [6.45, 7) is -0.428. The number of hydrogen-bond donors (Lipinski definition) is 4. The minimum Gasteiger partial charge on any atom is -0.394 e. The summed E-state index contributed by atoms with van der Waals surface area (Å²) in [6, 6.07) is 0. The summed E-state index contributed by atoms with van der Waals surface area (Å²) < 4.78 is 4.46. The first-order chi connectivity index (χ1) is 4.66. The van der Waals surface area contributed by atoms with Crippen molar-refractivity contribution in [2.24, 2.45) is 0 Å². The van der Waals surface area contributed by atoms with E-state index in [1.165, 1.54) is 0 Å². The molecular formula is C5H9O5. The van der Waals surface area contributed by atoms with Gasteiger partial charge in [0.1, 0.15) is 18.3 Å². The van der Waals surface area contributed by atoms with Crippen molar-refractivity contribution in [3.05, 3.63) is 6.29 Å². The molecule has 0 aromatic carbocycles. The van der Waals surface area contributed by atoms with Crippen LogP contribution >= 0.6 is 0 Å². The molecule has 1 aliphatic heterocycles. The summed E-state index contributed by atoms with van der Waals surface area (Å²) in [7, 11) is 0. The molecule has 0 unspecified atom stereocenters. The molecule has 1 rings (SSSR count). The number of rotatable bonds is 1. The lowest BCUT2D eigenvalue weighted by Crippen LogP contribution is -2.32. The second-order valence-corrected chi connectivity index (χ2v) is 2.11. The van der Waals surface area contributed by atoms with E-state index in [9.17, 15) is 0 Å². The Morgan fingerprint density at radius 3 is 2.20 bits per heavy atom. The van der Waals surface area contributed by atoms with Crippen LogP contribution in [-0.4, -0.2) is 45.3 Å². The summed E-state index contributed by atoms with van der Waals surface area (Å²) >= 11 is 0. The largest absolute Gasteiger partial charge is 0.394 e. The molecule has 4 N–H and O–H groups in total. The van der Waals surface area contributed by atoms with Gasteiger partial charge in [0.25, 0.3) is 6.29 Å². The molecule has 5 heteroatoms. The van der Waals surface area contributed by atoms with Gasteiger partial charge in [-0.2, -0.15) is 0 Å². The molecule has 1 radical (unpaired) electrons. The maximum absolute atomic E-state index is 8.91. The van der Waals surface area contributed by atoms with Crippen molar-refractivity contribution in [1.29, 1.82) is 0 Å². The van der Waals surface area contributed by atoms with E-state index < -0.39 is 31.2 Å². The van der Waals surface area contributed by atoms with Crippen LogP contribution < -0.4 is 0 Å². The Kier molecular flexibility index (Phi) is 2.22. The van der Waals surface area contributed by atoms with E-state index in [0.717, 1.165) is 0 Å². The van der Waals surface area contributed by atoms with E-state index in [0.29, 0.717) is 0 Å². The van der Waals surface area contributed by atoms with E-state index in [2.05, 4.69) is 4.74 Å². The Balaban J connectivity index is 2.53. The molecule has 0 saturated carbocycles. The van der Waals surface area contributed by atoms with E-state index in [4.69, 9.17) is 20.4 Å². The fourth-order valence-corrected chi connectivity index (χ4v) is 0.789. The zero-order valence-electron chi connectivity index (χ0n) is 5.14. The second-order valence-electron chi connectivity index (χ2n) is 2.11. The summed E-state index contributed by atoms with van der Waals surface area (Å²) in [5, 5.41) is 34.8. The van der Waals surface area contributed by atoms with Crippen molar-refractivity contribution >= 4 is 0 Å². The van der Waals surface area contributed by atoms with Gasteiger partial charge in [-0.15, -0.1) is 0 Å². The van der Waals surface area contributed by atoms with E-state index >= 15 is 0 Å². The zero-order chi connectivity index (χ0) is 7.72. The predicted octanol–water partition coefficient (Wildman–Crippen LogP) is -2.04. The van der Waals surface area contributed by atoms with Crippen molar-refractivity contribution in [2.45, 2.75) is 18.3 Å². The lowest BCUT2D eigenvalue weighted by molar-refractivity contribution is -0.0439. The second kappa shape index (κ2) is 2.81. The molecular weight excluding hydrogens is 140 g/mol. The van der Waals surface area contributed by atoms with Crippen LogP contribution in [0.2, 0.25) is 0 Å². The Labute approximate surface area is 57.5 Å². The van der Waals surface area contributed by atoms with Gasteiger partial charge >= 0.3 is 0 Å². The average molecular weight is 149 g/mol. The molecule has 0 aromatic rings. The van der Waals surface area contributed by atoms with Crippen molar-refractivity contribution in [1.82, 2.24) is 0 Å². The summed E-state index contributed by atoms with van der Waals surface area (Å²) in [6.07, 6.45) is -4.16. The number of hydrogen-bond acceptors (Lipinski definition) is 5. The van der Waals surface area contributed by atoms with Crippen molar-refractivity contribution < 1.29 is 25.2 Å². The average Bonchev–Trinajstić information content (AvgIpc) is 2.17. The van der Waals surface area contributed by atoms with Crippen LogP contribution in [0, 0.1) is 6.29 Å². The lowest BCUT2D eigenvalue weighted by Gasteiger charge is -2.09. The molecule has 5 nitrogen and oxygen atoms in total. The van der Waals surface area contributed by atoms with E-state index in [-0.39, 0.29) is 0 Å². The molecule has 59 valence electrons.